The van der Waals surface area contributed by atoms with Crippen LogP contribution >= 0.6 is 0 Å². The first-order valence-corrected chi connectivity index (χ1v) is 14.2. The molecule has 0 fully saturated rings. The lowest BCUT2D eigenvalue weighted by Crippen LogP contribution is -2.48. The van der Waals surface area contributed by atoms with Gasteiger partial charge in [0.25, 0.3) is 0 Å². The predicted molar refractivity (Wildman–Crippen MR) is 144 cm³/mol. The first-order chi connectivity index (χ1) is 17.1. The number of sulfonamides is 1. The number of amides is 2. The second-order valence-corrected chi connectivity index (χ2v) is 10.9. The summed E-state index contributed by atoms with van der Waals surface area (Å²) in [5, 5.41) is 2.90. The Hall–Kier alpha value is -3.07. The zero-order valence-electron chi connectivity index (χ0n) is 22.0. The highest BCUT2D eigenvalue weighted by Crippen LogP contribution is 2.20. The summed E-state index contributed by atoms with van der Waals surface area (Å²) in [5.74, 6) is 0.243. The molecule has 1 atom stereocenters. The van der Waals surface area contributed by atoms with Gasteiger partial charge in [0.1, 0.15) is 11.8 Å². The number of carbonyl (C=O) groups is 2. The van der Waals surface area contributed by atoms with Crippen LogP contribution < -0.4 is 14.4 Å². The van der Waals surface area contributed by atoms with Gasteiger partial charge in [-0.15, -0.1) is 0 Å². The van der Waals surface area contributed by atoms with E-state index < -0.39 is 16.1 Å². The molecule has 0 saturated carbocycles. The summed E-state index contributed by atoms with van der Waals surface area (Å²) in [7, 11) is -1.94. The van der Waals surface area contributed by atoms with Crippen molar-refractivity contribution in [2.24, 2.45) is 0 Å². The van der Waals surface area contributed by atoms with Crippen molar-refractivity contribution < 1.29 is 22.7 Å². The Morgan fingerprint density at radius 3 is 2.39 bits per heavy atom. The monoisotopic (exact) mass is 517 g/mol. The molecule has 1 unspecified atom stereocenters. The maximum absolute atomic E-state index is 13.3. The summed E-state index contributed by atoms with van der Waals surface area (Å²) in [5.41, 5.74) is 2.43. The fourth-order valence-electron chi connectivity index (χ4n) is 3.80. The van der Waals surface area contributed by atoms with Gasteiger partial charge in [-0.25, -0.2) is 8.42 Å². The Bertz CT molecular complexity index is 1100. The molecule has 0 spiro atoms. The van der Waals surface area contributed by atoms with Crippen molar-refractivity contribution in [3.8, 4) is 5.75 Å². The molecule has 1 N–H and O–H groups in total. The molecule has 0 bridgehead atoms. The lowest BCUT2D eigenvalue weighted by atomic mass is 10.1. The third-order valence-corrected chi connectivity index (χ3v) is 7.15. The van der Waals surface area contributed by atoms with Gasteiger partial charge in [0.05, 0.1) is 19.1 Å². The highest BCUT2D eigenvalue weighted by molar-refractivity contribution is 7.92. The van der Waals surface area contributed by atoms with Crippen LogP contribution in [0.3, 0.4) is 0 Å². The second kappa shape index (κ2) is 13.9. The standard InChI is InChI=1S/C27H39N3O5S/c1-6-7-17-28-27(32)22(3)29(20-23-10-8-11-25(19-23)35-4)26(31)12-9-18-30(36(5,33)34)24-15-13-21(2)14-16-24/h8,10-11,13-16,19,22H,6-7,9,12,17-18,20H2,1-5H3,(H,28,32). The molecule has 0 heterocycles. The molecule has 2 aromatic rings. The maximum Gasteiger partial charge on any atom is 0.242 e. The summed E-state index contributed by atoms with van der Waals surface area (Å²) in [6.45, 7) is 6.66. The molecule has 2 rings (SSSR count). The predicted octanol–water partition coefficient (Wildman–Crippen LogP) is 3.88. The molecule has 0 aliphatic heterocycles. The number of anilines is 1. The van der Waals surface area contributed by atoms with E-state index in [0.29, 0.717) is 24.4 Å². The average molecular weight is 518 g/mol. The van der Waals surface area contributed by atoms with E-state index in [-0.39, 0.29) is 31.3 Å². The van der Waals surface area contributed by atoms with Gasteiger partial charge in [0.2, 0.25) is 21.8 Å². The van der Waals surface area contributed by atoms with Crippen LogP contribution in [0, 0.1) is 6.92 Å². The van der Waals surface area contributed by atoms with Crippen molar-refractivity contribution in [2.45, 2.75) is 59.0 Å². The van der Waals surface area contributed by atoms with Crippen molar-refractivity contribution in [3.63, 3.8) is 0 Å². The molecule has 198 valence electrons. The third-order valence-electron chi connectivity index (χ3n) is 5.96. The van der Waals surface area contributed by atoms with Gasteiger partial charge in [0.15, 0.2) is 0 Å². The zero-order valence-corrected chi connectivity index (χ0v) is 22.8. The van der Waals surface area contributed by atoms with Crippen LogP contribution in [0.25, 0.3) is 0 Å². The van der Waals surface area contributed by atoms with Gasteiger partial charge in [-0.1, -0.05) is 43.2 Å². The number of aryl methyl sites for hydroxylation is 1. The number of nitrogens with one attached hydrogen (secondary N) is 1. The van der Waals surface area contributed by atoms with E-state index in [1.807, 2.05) is 50.2 Å². The first-order valence-electron chi connectivity index (χ1n) is 12.3. The van der Waals surface area contributed by atoms with E-state index in [4.69, 9.17) is 4.74 Å². The number of carbonyl (C=O) groups excluding carboxylic acids is 2. The molecule has 36 heavy (non-hydrogen) atoms. The highest BCUT2D eigenvalue weighted by Gasteiger charge is 2.26. The van der Waals surface area contributed by atoms with E-state index in [1.165, 1.54) is 4.31 Å². The largest absolute Gasteiger partial charge is 0.497 e. The SMILES string of the molecule is CCCCNC(=O)C(C)N(Cc1cccc(OC)c1)C(=O)CCCN(c1ccc(C)cc1)S(C)(=O)=O. The van der Waals surface area contributed by atoms with Crippen molar-refractivity contribution >= 4 is 27.5 Å². The van der Waals surface area contributed by atoms with Crippen LogP contribution in [0.2, 0.25) is 0 Å². The van der Waals surface area contributed by atoms with Crippen molar-refractivity contribution in [1.29, 1.82) is 0 Å². The van der Waals surface area contributed by atoms with Crippen molar-refractivity contribution in [2.75, 3.05) is 30.8 Å². The Labute approximate surface area is 215 Å². The fraction of sp³-hybridized carbons (Fsp3) is 0.481. The Kier molecular flexibility index (Phi) is 11.2. The molecule has 0 aliphatic rings. The summed E-state index contributed by atoms with van der Waals surface area (Å²) >= 11 is 0. The van der Waals surface area contributed by atoms with E-state index in [0.717, 1.165) is 30.2 Å². The first kappa shape index (κ1) is 29.2. The van der Waals surface area contributed by atoms with Crippen LogP contribution in [0.4, 0.5) is 5.69 Å². The summed E-state index contributed by atoms with van der Waals surface area (Å²) in [6, 6.07) is 13.9. The minimum atomic E-state index is -3.52. The van der Waals surface area contributed by atoms with Crippen molar-refractivity contribution in [3.05, 3.63) is 59.7 Å². The number of hydrogen-bond acceptors (Lipinski definition) is 5. The lowest BCUT2D eigenvalue weighted by Gasteiger charge is -2.29. The van der Waals surface area contributed by atoms with Crippen LogP contribution in [0.15, 0.2) is 48.5 Å². The molecule has 2 aromatic carbocycles. The number of ether oxygens (including phenoxy) is 1. The molecular weight excluding hydrogens is 478 g/mol. The fourth-order valence-corrected chi connectivity index (χ4v) is 4.77. The third kappa shape index (κ3) is 8.86. The molecule has 0 aromatic heterocycles. The van der Waals surface area contributed by atoms with Gasteiger partial charge in [-0.3, -0.25) is 13.9 Å². The number of nitrogens with zero attached hydrogens (tertiary/aromatic N) is 2. The number of rotatable bonds is 14. The number of benzene rings is 2. The Morgan fingerprint density at radius 1 is 1.08 bits per heavy atom. The van der Waals surface area contributed by atoms with Crippen LogP contribution in [0.5, 0.6) is 5.75 Å². The molecule has 2 amide bonds. The van der Waals surface area contributed by atoms with Gasteiger partial charge in [0, 0.05) is 26.1 Å². The van der Waals surface area contributed by atoms with Gasteiger partial charge in [-0.2, -0.15) is 0 Å². The molecule has 8 nitrogen and oxygen atoms in total. The minimum absolute atomic E-state index is 0.106. The Balaban J connectivity index is 2.16. The normalized spacial score (nSPS) is 12.0. The highest BCUT2D eigenvalue weighted by atomic mass is 32.2. The summed E-state index contributed by atoms with van der Waals surface area (Å²) < 4.78 is 31.4. The van der Waals surface area contributed by atoms with Crippen LogP contribution in [-0.4, -0.2) is 57.6 Å². The smallest absolute Gasteiger partial charge is 0.242 e. The van der Waals surface area contributed by atoms with Gasteiger partial charge < -0.3 is 15.0 Å². The van der Waals surface area contributed by atoms with E-state index in [9.17, 15) is 18.0 Å². The second-order valence-electron chi connectivity index (χ2n) is 8.97. The minimum Gasteiger partial charge on any atom is -0.497 e. The Morgan fingerprint density at radius 2 is 1.78 bits per heavy atom. The maximum atomic E-state index is 13.3. The topological polar surface area (TPSA) is 96.0 Å². The molecule has 0 radical (unpaired) electrons. The average Bonchev–Trinajstić information content (AvgIpc) is 2.85. The van der Waals surface area contributed by atoms with Gasteiger partial charge in [-0.05, 0) is 56.5 Å². The summed E-state index contributed by atoms with van der Waals surface area (Å²) in [4.78, 5) is 27.7. The number of methoxy groups -OCH3 is 1. The van der Waals surface area contributed by atoms with Crippen LogP contribution in [0.1, 0.15) is 50.7 Å². The van der Waals surface area contributed by atoms with E-state index in [1.54, 1.807) is 31.1 Å². The van der Waals surface area contributed by atoms with Crippen LogP contribution in [-0.2, 0) is 26.2 Å². The molecular formula is C27H39N3O5S. The lowest BCUT2D eigenvalue weighted by molar-refractivity contribution is -0.140. The summed E-state index contributed by atoms with van der Waals surface area (Å²) in [6.07, 6.45) is 3.40. The van der Waals surface area contributed by atoms with E-state index in [2.05, 4.69) is 5.32 Å². The quantitative estimate of drug-likeness (QED) is 0.384. The van der Waals surface area contributed by atoms with E-state index >= 15 is 0 Å². The number of hydrogen-bond donors (Lipinski definition) is 1. The zero-order chi connectivity index (χ0) is 26.7. The molecule has 0 aliphatic carbocycles. The van der Waals surface area contributed by atoms with Crippen molar-refractivity contribution in [1.82, 2.24) is 10.2 Å². The molecule has 0 saturated heterocycles. The van der Waals surface area contributed by atoms with Gasteiger partial charge >= 0.3 is 0 Å². The molecule has 9 heteroatoms. The number of unbranched alkanes of at least 4 members (excludes halogenated alkanes) is 1.